The molecule has 9 N–H and O–H groups in total. The highest BCUT2D eigenvalue weighted by atomic mass is 32.1. The minimum absolute atomic E-state index is 0.0751. The van der Waals surface area contributed by atoms with Crippen LogP contribution in [0.5, 0.6) is 0 Å². The fourth-order valence-corrected chi connectivity index (χ4v) is 5.19. The zero-order valence-corrected chi connectivity index (χ0v) is 23.1. The van der Waals surface area contributed by atoms with Gasteiger partial charge in [0.05, 0.1) is 6.04 Å². The summed E-state index contributed by atoms with van der Waals surface area (Å²) in [5.74, 6) is -1.81. The summed E-state index contributed by atoms with van der Waals surface area (Å²) in [6.45, 7) is 2.02. The van der Waals surface area contributed by atoms with Crippen LogP contribution < -0.4 is 27.4 Å². The largest absolute Gasteiger partial charge is 0.384 e. The normalized spacial score (nSPS) is 16.0. The van der Waals surface area contributed by atoms with Crippen LogP contribution in [-0.4, -0.2) is 76.4 Å². The smallest absolute Gasteiger partial charge is 0.245 e. The number of ketones is 1. The van der Waals surface area contributed by atoms with Crippen molar-refractivity contribution in [2.45, 2.75) is 57.2 Å². The second-order valence-corrected chi connectivity index (χ2v) is 10.4. The van der Waals surface area contributed by atoms with Crippen molar-refractivity contribution in [3.8, 4) is 0 Å². The van der Waals surface area contributed by atoms with E-state index < -0.39 is 24.0 Å². The maximum Gasteiger partial charge on any atom is 0.245 e. The third-order valence-electron chi connectivity index (χ3n) is 6.48. The average Bonchev–Trinajstić information content (AvgIpc) is 3.62. The Morgan fingerprint density at radius 1 is 1.12 bits per heavy atom. The van der Waals surface area contributed by atoms with E-state index in [-0.39, 0.29) is 40.8 Å². The van der Waals surface area contributed by atoms with Crippen molar-refractivity contribution >= 4 is 46.6 Å². The number of carbonyl (C=O) groups is 4. The molecule has 1 aliphatic rings. The van der Waals surface area contributed by atoms with Gasteiger partial charge in [0.25, 0.3) is 0 Å². The molecule has 1 aromatic carbocycles. The summed E-state index contributed by atoms with van der Waals surface area (Å²) in [5.41, 5.74) is 12.1. The number of nitrogens with zero attached hydrogens (tertiary/aromatic N) is 2. The molecular formula is C26H35N9O4S. The second kappa shape index (κ2) is 14.2. The van der Waals surface area contributed by atoms with Crippen LogP contribution in [0, 0.1) is 10.8 Å². The number of likely N-dealkylation sites (tertiary alicyclic amines) is 1. The van der Waals surface area contributed by atoms with Gasteiger partial charge in [0, 0.05) is 43.6 Å². The first-order valence-corrected chi connectivity index (χ1v) is 13.8. The summed E-state index contributed by atoms with van der Waals surface area (Å²) in [6, 6.07) is 4.28. The number of Topliss-reactive ketones (excluding diaryl/α,β-unsaturated/α-hetero) is 1. The molecule has 0 saturated carbocycles. The summed E-state index contributed by atoms with van der Waals surface area (Å²) < 4.78 is 0. The number of nitrogens with two attached hydrogens (primary N) is 2. The van der Waals surface area contributed by atoms with Crippen molar-refractivity contribution in [2.24, 2.45) is 11.5 Å². The summed E-state index contributed by atoms with van der Waals surface area (Å²) in [5, 5.41) is 24.9. The predicted octanol–water partition coefficient (Wildman–Crippen LogP) is 0.0963. The van der Waals surface area contributed by atoms with Gasteiger partial charge in [-0.05, 0) is 31.2 Å². The van der Waals surface area contributed by atoms with Gasteiger partial charge in [-0.3, -0.25) is 30.0 Å². The zero-order valence-electron chi connectivity index (χ0n) is 22.2. The summed E-state index contributed by atoms with van der Waals surface area (Å²) in [4.78, 5) is 57.6. The lowest BCUT2D eigenvalue weighted by Gasteiger charge is -2.29. The van der Waals surface area contributed by atoms with Crippen molar-refractivity contribution < 1.29 is 19.2 Å². The number of aromatic nitrogens is 1. The highest BCUT2D eigenvalue weighted by Gasteiger charge is 2.38. The molecule has 0 bridgehead atoms. The molecule has 214 valence electrons. The van der Waals surface area contributed by atoms with Crippen LogP contribution in [0.4, 0.5) is 0 Å². The van der Waals surface area contributed by atoms with E-state index in [1.165, 1.54) is 29.4 Å². The molecule has 40 heavy (non-hydrogen) atoms. The molecule has 3 rings (SSSR count). The van der Waals surface area contributed by atoms with E-state index >= 15 is 0 Å². The van der Waals surface area contributed by atoms with Crippen LogP contribution in [0.25, 0.3) is 0 Å². The number of amides is 3. The van der Waals surface area contributed by atoms with Crippen molar-refractivity contribution in [1.29, 1.82) is 10.8 Å². The van der Waals surface area contributed by atoms with Crippen molar-refractivity contribution in [1.82, 2.24) is 25.8 Å². The van der Waals surface area contributed by atoms with E-state index in [1.54, 1.807) is 29.6 Å². The van der Waals surface area contributed by atoms with Crippen LogP contribution in [0.3, 0.4) is 0 Å². The molecule has 0 unspecified atom stereocenters. The van der Waals surface area contributed by atoms with Crippen molar-refractivity contribution in [3.05, 3.63) is 52.0 Å². The summed E-state index contributed by atoms with van der Waals surface area (Å²) >= 11 is 1.17. The molecule has 1 aliphatic heterocycles. The number of benzene rings is 1. The standard InChI is InChI=1S/C26H35N9O4S/c1-15(36)33-18(4-2-10-32-26(29)30)25(39)35-12-3-5-20(35)23(38)34-19(21(37)24-31-11-13-40-24)14-16-6-8-17(9-7-16)22(27)28/h6-9,11,13,18-20H,2-5,10,12,14H2,1H3,(H3,27,28)(H,33,36)(H,34,38)(H4,29,30,32)/t18-,19+,20+/m1/s1. The van der Waals surface area contributed by atoms with Gasteiger partial charge >= 0.3 is 0 Å². The van der Waals surface area contributed by atoms with Crippen LogP contribution in [-0.2, 0) is 20.8 Å². The number of hydrogen-bond acceptors (Lipinski definition) is 8. The maximum atomic E-state index is 13.5. The molecule has 1 aromatic heterocycles. The minimum Gasteiger partial charge on any atom is -0.384 e. The first kappa shape index (κ1) is 30.2. The number of amidine groups is 1. The van der Waals surface area contributed by atoms with Gasteiger partial charge in [-0.25, -0.2) is 4.98 Å². The van der Waals surface area contributed by atoms with Crippen LogP contribution in [0.1, 0.15) is 53.5 Å². The van der Waals surface area contributed by atoms with E-state index in [0.717, 1.165) is 5.56 Å². The van der Waals surface area contributed by atoms with Crippen LogP contribution >= 0.6 is 11.3 Å². The lowest BCUT2D eigenvalue weighted by molar-refractivity contribution is -0.141. The molecule has 1 saturated heterocycles. The lowest BCUT2D eigenvalue weighted by atomic mass is 10.00. The highest BCUT2D eigenvalue weighted by molar-refractivity contribution is 7.11. The number of thiazole rings is 1. The Labute approximate surface area is 236 Å². The van der Waals surface area contributed by atoms with Gasteiger partial charge in [0.2, 0.25) is 23.5 Å². The first-order chi connectivity index (χ1) is 19.1. The average molecular weight is 570 g/mol. The Morgan fingerprint density at radius 3 is 2.45 bits per heavy atom. The number of hydrogen-bond donors (Lipinski definition) is 7. The van der Waals surface area contributed by atoms with Crippen molar-refractivity contribution in [3.63, 3.8) is 0 Å². The zero-order chi connectivity index (χ0) is 29.2. The van der Waals surface area contributed by atoms with Gasteiger partial charge < -0.3 is 32.3 Å². The molecule has 0 radical (unpaired) electrons. The molecule has 14 heteroatoms. The molecule has 0 aliphatic carbocycles. The summed E-state index contributed by atoms with van der Waals surface area (Å²) in [6.07, 6.45) is 3.48. The Morgan fingerprint density at radius 2 is 1.85 bits per heavy atom. The third kappa shape index (κ3) is 8.33. The SMILES string of the molecule is CC(=O)N[C@H](CCCNC(=N)N)C(=O)N1CCC[C@H]1C(=O)N[C@@H](Cc1ccc(C(=N)N)cc1)C(=O)c1nccs1. The molecule has 2 heterocycles. The first-order valence-electron chi connectivity index (χ1n) is 12.9. The maximum absolute atomic E-state index is 13.5. The Balaban J connectivity index is 1.75. The van der Waals surface area contributed by atoms with Gasteiger partial charge in [0.15, 0.2) is 11.0 Å². The van der Waals surface area contributed by atoms with Gasteiger partial charge in [0.1, 0.15) is 17.9 Å². The minimum atomic E-state index is -0.928. The predicted molar refractivity (Wildman–Crippen MR) is 151 cm³/mol. The van der Waals surface area contributed by atoms with E-state index in [4.69, 9.17) is 22.3 Å². The molecule has 3 amide bonds. The van der Waals surface area contributed by atoms with Crippen LogP contribution in [0.2, 0.25) is 0 Å². The number of carbonyl (C=O) groups excluding carboxylic acids is 4. The molecule has 13 nitrogen and oxygen atoms in total. The Kier molecular flexibility index (Phi) is 10.7. The molecule has 1 fully saturated rings. The number of rotatable bonds is 13. The Hall–Kier alpha value is -4.33. The van der Waals surface area contributed by atoms with Gasteiger partial charge in [-0.15, -0.1) is 11.3 Å². The van der Waals surface area contributed by atoms with Crippen molar-refractivity contribution in [2.75, 3.05) is 13.1 Å². The second-order valence-electron chi connectivity index (χ2n) is 9.50. The number of nitrogens with one attached hydrogen (secondary N) is 5. The highest BCUT2D eigenvalue weighted by Crippen LogP contribution is 2.21. The van der Waals surface area contributed by atoms with E-state index in [0.29, 0.717) is 44.3 Å². The van der Waals surface area contributed by atoms with E-state index in [9.17, 15) is 19.2 Å². The third-order valence-corrected chi connectivity index (χ3v) is 7.27. The topological polar surface area (TPSA) is 220 Å². The van der Waals surface area contributed by atoms with E-state index in [1.807, 2.05) is 0 Å². The molecule has 2 aromatic rings. The lowest BCUT2D eigenvalue weighted by Crippen LogP contribution is -2.55. The fourth-order valence-electron chi connectivity index (χ4n) is 4.56. The fraction of sp³-hybridized carbons (Fsp3) is 0.423. The van der Waals surface area contributed by atoms with Gasteiger partial charge in [-0.1, -0.05) is 24.3 Å². The monoisotopic (exact) mass is 569 g/mol. The molecule has 3 atom stereocenters. The number of guanidine groups is 1. The van der Waals surface area contributed by atoms with E-state index in [2.05, 4.69) is 20.9 Å². The molecule has 0 spiro atoms. The summed E-state index contributed by atoms with van der Waals surface area (Å²) in [7, 11) is 0. The number of nitrogen functional groups attached to an aromatic ring is 1. The Bertz CT molecular complexity index is 1230. The van der Waals surface area contributed by atoms with Crippen LogP contribution in [0.15, 0.2) is 35.8 Å². The van der Waals surface area contributed by atoms with Gasteiger partial charge in [-0.2, -0.15) is 0 Å². The molecular weight excluding hydrogens is 534 g/mol. The quantitative estimate of drug-likeness (QED) is 0.0756.